The Morgan fingerprint density at radius 1 is 1.00 bits per heavy atom. The SMILES string of the molecule is COc1ccc(OC)c2cc3c(cc12)C(=O)C1=C(C)O[C@H](C(=O)OCc2ccc([N+](=O)[O-])cc2)C[C@H]1C3=O. The van der Waals surface area contributed by atoms with E-state index in [1.54, 1.807) is 31.2 Å². The van der Waals surface area contributed by atoms with E-state index < -0.39 is 22.9 Å². The lowest BCUT2D eigenvalue weighted by atomic mass is 9.73. The van der Waals surface area contributed by atoms with Crippen LogP contribution in [0, 0.1) is 16.0 Å². The van der Waals surface area contributed by atoms with Gasteiger partial charge in [-0.3, -0.25) is 19.7 Å². The summed E-state index contributed by atoms with van der Waals surface area (Å²) in [5, 5.41) is 12.1. The summed E-state index contributed by atoms with van der Waals surface area (Å²) in [7, 11) is 3.04. The number of esters is 1. The Morgan fingerprint density at radius 3 is 2.18 bits per heavy atom. The van der Waals surface area contributed by atoms with Gasteiger partial charge in [0.05, 0.1) is 25.1 Å². The van der Waals surface area contributed by atoms with Crippen molar-refractivity contribution in [1.29, 1.82) is 0 Å². The van der Waals surface area contributed by atoms with Gasteiger partial charge in [-0.1, -0.05) is 0 Å². The highest BCUT2D eigenvalue weighted by Crippen LogP contribution is 2.43. The van der Waals surface area contributed by atoms with Crippen LogP contribution < -0.4 is 9.47 Å². The number of fused-ring (bicyclic) bond motifs is 3. The normalized spacial score (nSPS) is 18.4. The molecule has 10 nitrogen and oxygen atoms in total. The van der Waals surface area contributed by atoms with Gasteiger partial charge in [-0.15, -0.1) is 0 Å². The van der Waals surface area contributed by atoms with E-state index in [4.69, 9.17) is 18.9 Å². The summed E-state index contributed by atoms with van der Waals surface area (Å²) in [5.74, 6) is -0.940. The average Bonchev–Trinajstić information content (AvgIpc) is 2.92. The van der Waals surface area contributed by atoms with E-state index in [9.17, 15) is 24.5 Å². The fourth-order valence-corrected chi connectivity index (χ4v) is 4.98. The number of ether oxygens (including phenoxy) is 4. The first-order valence-electron chi connectivity index (χ1n) is 11.8. The van der Waals surface area contributed by atoms with E-state index in [1.807, 2.05) is 0 Å². The lowest BCUT2D eigenvalue weighted by Gasteiger charge is -2.34. The number of carbonyl (C=O) groups excluding carboxylic acids is 3. The lowest BCUT2D eigenvalue weighted by Crippen LogP contribution is -2.40. The van der Waals surface area contributed by atoms with Gasteiger partial charge < -0.3 is 18.9 Å². The van der Waals surface area contributed by atoms with Crippen LogP contribution in [0.4, 0.5) is 5.69 Å². The second-order valence-electron chi connectivity index (χ2n) is 9.00. The third kappa shape index (κ3) is 4.13. The third-order valence-electron chi connectivity index (χ3n) is 6.87. The van der Waals surface area contributed by atoms with Gasteiger partial charge in [-0.25, -0.2) is 4.79 Å². The van der Waals surface area contributed by atoms with Crippen LogP contribution in [-0.4, -0.2) is 42.8 Å². The van der Waals surface area contributed by atoms with Crippen molar-refractivity contribution in [2.45, 2.75) is 26.1 Å². The standard InChI is InChI=1S/C28H23NO9/c1-14-25-21(12-24(38-14)28(32)37-13-15-4-6-16(7-5-15)29(33)34)26(30)19-10-17-18(11-20(19)27(25)31)23(36-3)9-8-22(17)35-2/h4-11,21,24H,12-13H2,1-3H3/t21-,24+/m1/s1. The molecule has 0 aromatic heterocycles. The van der Waals surface area contributed by atoms with Gasteiger partial charge in [0.15, 0.2) is 17.7 Å². The van der Waals surface area contributed by atoms with Crippen molar-refractivity contribution in [1.82, 2.24) is 0 Å². The highest BCUT2D eigenvalue weighted by molar-refractivity contribution is 6.25. The van der Waals surface area contributed by atoms with Gasteiger partial charge in [-0.05, 0) is 48.9 Å². The third-order valence-corrected chi connectivity index (χ3v) is 6.87. The number of benzene rings is 3. The molecule has 5 rings (SSSR count). The van der Waals surface area contributed by atoms with E-state index in [0.717, 1.165) is 0 Å². The van der Waals surface area contributed by atoms with Crippen LogP contribution in [0.15, 0.2) is 59.9 Å². The van der Waals surface area contributed by atoms with Gasteiger partial charge in [0.25, 0.3) is 5.69 Å². The number of carbonyl (C=O) groups is 3. The summed E-state index contributed by atoms with van der Waals surface area (Å²) in [6.07, 6.45) is -1.14. The molecule has 0 saturated heterocycles. The fraction of sp³-hybridized carbons (Fsp3) is 0.250. The van der Waals surface area contributed by atoms with Crippen LogP contribution in [-0.2, 0) is 20.9 Å². The molecule has 194 valence electrons. The molecule has 0 unspecified atom stereocenters. The topological polar surface area (TPSA) is 131 Å². The zero-order chi connectivity index (χ0) is 27.1. The number of hydrogen-bond donors (Lipinski definition) is 0. The summed E-state index contributed by atoms with van der Waals surface area (Å²) in [6, 6.07) is 12.3. The van der Waals surface area contributed by atoms with Gasteiger partial charge in [0, 0.05) is 46.0 Å². The summed E-state index contributed by atoms with van der Waals surface area (Å²) < 4.78 is 22.0. The first-order valence-corrected chi connectivity index (χ1v) is 11.8. The molecule has 0 N–H and O–H groups in total. The number of allylic oxidation sites excluding steroid dienone is 2. The maximum atomic E-state index is 13.7. The maximum Gasteiger partial charge on any atom is 0.347 e. The molecule has 0 fully saturated rings. The van der Waals surface area contributed by atoms with Crippen molar-refractivity contribution in [3.63, 3.8) is 0 Å². The number of methoxy groups -OCH3 is 2. The van der Waals surface area contributed by atoms with Crippen molar-refractivity contribution in [2.24, 2.45) is 5.92 Å². The first-order chi connectivity index (χ1) is 18.2. The minimum atomic E-state index is -1.09. The predicted octanol–water partition coefficient (Wildman–Crippen LogP) is 4.57. The lowest BCUT2D eigenvalue weighted by molar-refractivity contribution is -0.384. The molecular weight excluding hydrogens is 494 g/mol. The number of nitro groups is 1. The Labute approximate surface area is 216 Å². The van der Waals surface area contributed by atoms with E-state index in [-0.39, 0.29) is 52.7 Å². The van der Waals surface area contributed by atoms with Crippen LogP contribution in [0.3, 0.4) is 0 Å². The average molecular weight is 517 g/mol. The second-order valence-corrected chi connectivity index (χ2v) is 9.00. The van der Waals surface area contributed by atoms with Crippen molar-refractivity contribution in [2.75, 3.05) is 14.2 Å². The molecule has 0 saturated carbocycles. The number of hydrogen-bond acceptors (Lipinski definition) is 9. The second kappa shape index (κ2) is 9.62. The number of ketones is 2. The van der Waals surface area contributed by atoms with E-state index in [1.165, 1.54) is 38.5 Å². The molecule has 1 heterocycles. The molecule has 3 aromatic carbocycles. The molecule has 0 spiro atoms. The molecule has 0 radical (unpaired) electrons. The molecule has 0 amide bonds. The Morgan fingerprint density at radius 2 is 1.61 bits per heavy atom. The highest BCUT2D eigenvalue weighted by atomic mass is 16.6. The first kappa shape index (κ1) is 24.9. The number of rotatable bonds is 6. The Balaban J connectivity index is 1.42. The summed E-state index contributed by atoms with van der Waals surface area (Å²) in [5.41, 5.74) is 1.19. The molecule has 1 aliphatic heterocycles. The van der Waals surface area contributed by atoms with Crippen molar-refractivity contribution < 1.29 is 38.3 Å². The number of non-ortho nitro benzene ring substituents is 1. The quantitative estimate of drug-likeness (QED) is 0.262. The molecule has 1 aliphatic carbocycles. The van der Waals surface area contributed by atoms with E-state index in [0.29, 0.717) is 27.8 Å². The van der Waals surface area contributed by atoms with Crippen molar-refractivity contribution in [3.05, 3.63) is 86.7 Å². The summed E-state index contributed by atoms with van der Waals surface area (Å²) >= 11 is 0. The Hall–Kier alpha value is -4.73. The smallest absolute Gasteiger partial charge is 0.347 e. The molecular formula is C28H23NO9. The molecule has 0 bridgehead atoms. The van der Waals surface area contributed by atoms with Gasteiger partial charge in [0.2, 0.25) is 0 Å². The number of Topliss-reactive ketones (excluding diaryl/α,β-unsaturated/α-hetero) is 2. The number of nitrogens with zero attached hydrogens (tertiary/aromatic N) is 1. The van der Waals surface area contributed by atoms with Crippen LogP contribution in [0.5, 0.6) is 11.5 Å². The Bertz CT molecular complexity index is 1540. The molecule has 10 heteroatoms. The van der Waals surface area contributed by atoms with Crippen LogP contribution >= 0.6 is 0 Å². The van der Waals surface area contributed by atoms with Crippen molar-refractivity contribution >= 4 is 34.0 Å². The zero-order valence-corrected chi connectivity index (χ0v) is 20.8. The monoisotopic (exact) mass is 517 g/mol. The van der Waals surface area contributed by atoms with Crippen molar-refractivity contribution in [3.8, 4) is 11.5 Å². The molecule has 2 aliphatic rings. The fourth-order valence-electron chi connectivity index (χ4n) is 4.98. The largest absolute Gasteiger partial charge is 0.496 e. The van der Waals surface area contributed by atoms with Crippen LogP contribution in [0.1, 0.15) is 39.6 Å². The van der Waals surface area contributed by atoms with Crippen LogP contribution in [0.2, 0.25) is 0 Å². The van der Waals surface area contributed by atoms with Gasteiger partial charge in [0.1, 0.15) is 23.9 Å². The predicted molar refractivity (Wildman–Crippen MR) is 134 cm³/mol. The molecule has 38 heavy (non-hydrogen) atoms. The van der Waals surface area contributed by atoms with E-state index in [2.05, 4.69) is 0 Å². The zero-order valence-electron chi connectivity index (χ0n) is 20.8. The summed E-state index contributed by atoms with van der Waals surface area (Å²) in [6.45, 7) is 1.43. The molecule has 2 atom stereocenters. The van der Waals surface area contributed by atoms with Gasteiger partial charge >= 0.3 is 5.97 Å². The summed E-state index contributed by atoms with van der Waals surface area (Å²) in [4.78, 5) is 50.3. The minimum Gasteiger partial charge on any atom is -0.496 e. The number of nitro benzene ring substituents is 1. The Kier molecular flexibility index (Phi) is 6.31. The van der Waals surface area contributed by atoms with Gasteiger partial charge in [-0.2, -0.15) is 0 Å². The minimum absolute atomic E-state index is 0.0525. The molecule has 3 aromatic rings. The van der Waals surface area contributed by atoms with Crippen LogP contribution in [0.25, 0.3) is 10.8 Å². The maximum absolute atomic E-state index is 13.7. The highest BCUT2D eigenvalue weighted by Gasteiger charge is 2.45. The van der Waals surface area contributed by atoms with E-state index >= 15 is 0 Å².